The quantitative estimate of drug-likeness (QED) is 0.635. The maximum absolute atomic E-state index is 12.3. The van der Waals surface area contributed by atoms with Crippen molar-refractivity contribution < 1.29 is 14.7 Å². The van der Waals surface area contributed by atoms with Gasteiger partial charge in [-0.25, -0.2) is 0 Å². The molecule has 0 aliphatic carbocycles. The minimum atomic E-state index is -0.760. The molecule has 20 heavy (non-hydrogen) atoms. The van der Waals surface area contributed by atoms with E-state index in [0.29, 0.717) is 13.0 Å². The van der Waals surface area contributed by atoms with Crippen molar-refractivity contribution in [3.05, 3.63) is 0 Å². The number of aliphatic carboxylic acids is 1. The standard InChI is InChI=1S/C15H28N2O3/c1-4-15(8-9-16-11-15)13(20)17-10-7-14(2,3)6-5-12(18)19/h16H,4-11H2,1-3H3,(H,17,20)(H,18,19). The number of carboxylic acids is 1. The average molecular weight is 284 g/mol. The van der Waals surface area contributed by atoms with Crippen LogP contribution in [0.25, 0.3) is 0 Å². The maximum Gasteiger partial charge on any atom is 0.303 e. The van der Waals surface area contributed by atoms with Crippen LogP contribution in [0.2, 0.25) is 0 Å². The molecule has 1 rings (SSSR count). The molecule has 0 aromatic heterocycles. The lowest BCUT2D eigenvalue weighted by molar-refractivity contribution is -0.137. The summed E-state index contributed by atoms with van der Waals surface area (Å²) in [7, 11) is 0. The third kappa shape index (κ3) is 4.78. The van der Waals surface area contributed by atoms with E-state index in [0.717, 1.165) is 32.4 Å². The number of amides is 1. The van der Waals surface area contributed by atoms with Gasteiger partial charge in [-0.3, -0.25) is 9.59 Å². The lowest BCUT2D eigenvalue weighted by atomic mass is 9.82. The Morgan fingerprint density at radius 2 is 2.05 bits per heavy atom. The van der Waals surface area contributed by atoms with E-state index in [-0.39, 0.29) is 23.2 Å². The maximum atomic E-state index is 12.3. The first-order chi connectivity index (χ1) is 9.31. The Morgan fingerprint density at radius 3 is 2.55 bits per heavy atom. The Hall–Kier alpha value is -1.10. The molecule has 1 saturated heterocycles. The van der Waals surface area contributed by atoms with E-state index >= 15 is 0 Å². The Bertz CT molecular complexity index is 347. The van der Waals surface area contributed by atoms with Crippen molar-refractivity contribution in [3.63, 3.8) is 0 Å². The number of rotatable bonds is 8. The van der Waals surface area contributed by atoms with Gasteiger partial charge in [0.2, 0.25) is 5.91 Å². The second-order valence-electron chi connectivity index (χ2n) is 6.62. The largest absolute Gasteiger partial charge is 0.481 e. The fourth-order valence-corrected chi connectivity index (χ4v) is 2.67. The van der Waals surface area contributed by atoms with Crippen molar-refractivity contribution >= 4 is 11.9 Å². The lowest BCUT2D eigenvalue weighted by Crippen LogP contribution is -2.43. The third-order valence-corrected chi connectivity index (χ3v) is 4.51. The summed E-state index contributed by atoms with van der Waals surface area (Å²) in [5.41, 5.74) is -0.301. The topological polar surface area (TPSA) is 78.4 Å². The van der Waals surface area contributed by atoms with E-state index in [1.54, 1.807) is 0 Å². The Morgan fingerprint density at radius 1 is 1.35 bits per heavy atom. The van der Waals surface area contributed by atoms with Gasteiger partial charge >= 0.3 is 5.97 Å². The molecule has 5 heteroatoms. The lowest BCUT2D eigenvalue weighted by Gasteiger charge is -2.28. The molecule has 0 saturated carbocycles. The van der Waals surface area contributed by atoms with E-state index in [1.165, 1.54) is 0 Å². The predicted molar refractivity (Wildman–Crippen MR) is 78.5 cm³/mol. The van der Waals surface area contributed by atoms with Gasteiger partial charge in [-0.1, -0.05) is 20.8 Å². The van der Waals surface area contributed by atoms with E-state index in [9.17, 15) is 9.59 Å². The van der Waals surface area contributed by atoms with Crippen LogP contribution in [0.1, 0.15) is 52.9 Å². The summed E-state index contributed by atoms with van der Waals surface area (Å²) in [6, 6.07) is 0. The molecule has 116 valence electrons. The van der Waals surface area contributed by atoms with Crippen LogP contribution in [-0.2, 0) is 9.59 Å². The van der Waals surface area contributed by atoms with Gasteiger partial charge in [-0.15, -0.1) is 0 Å². The molecule has 1 fully saturated rings. The second kappa shape index (κ2) is 7.07. The van der Waals surface area contributed by atoms with Crippen molar-refractivity contribution in [3.8, 4) is 0 Å². The Labute approximate surface area is 121 Å². The summed E-state index contributed by atoms with van der Waals surface area (Å²) in [6.45, 7) is 8.45. The molecular formula is C15H28N2O3. The van der Waals surface area contributed by atoms with Crippen LogP contribution < -0.4 is 10.6 Å². The highest BCUT2D eigenvalue weighted by Gasteiger charge is 2.39. The van der Waals surface area contributed by atoms with E-state index in [4.69, 9.17) is 5.11 Å². The number of carbonyl (C=O) groups excluding carboxylic acids is 1. The molecule has 0 bridgehead atoms. The molecule has 0 radical (unpaired) electrons. The van der Waals surface area contributed by atoms with Gasteiger partial charge in [0.05, 0.1) is 5.41 Å². The van der Waals surface area contributed by atoms with Crippen LogP contribution in [0.15, 0.2) is 0 Å². The minimum absolute atomic E-state index is 0.0566. The molecule has 1 unspecified atom stereocenters. The summed E-state index contributed by atoms with van der Waals surface area (Å²) in [6.07, 6.45) is 3.38. The molecule has 0 aromatic carbocycles. The van der Waals surface area contributed by atoms with E-state index < -0.39 is 5.97 Å². The highest BCUT2D eigenvalue weighted by molar-refractivity contribution is 5.83. The molecule has 0 aromatic rings. The van der Waals surface area contributed by atoms with Crippen molar-refractivity contribution in [1.82, 2.24) is 10.6 Å². The number of carboxylic acid groups (broad SMARTS) is 1. The fourth-order valence-electron chi connectivity index (χ4n) is 2.67. The van der Waals surface area contributed by atoms with Crippen LogP contribution in [0.5, 0.6) is 0 Å². The zero-order valence-corrected chi connectivity index (χ0v) is 12.9. The van der Waals surface area contributed by atoms with Gasteiger partial charge in [-0.05, 0) is 37.6 Å². The summed E-state index contributed by atoms with van der Waals surface area (Å²) >= 11 is 0. The van der Waals surface area contributed by atoms with Crippen LogP contribution in [0.3, 0.4) is 0 Å². The summed E-state index contributed by atoms with van der Waals surface area (Å²) < 4.78 is 0. The molecule has 1 heterocycles. The van der Waals surface area contributed by atoms with Gasteiger partial charge < -0.3 is 15.7 Å². The van der Waals surface area contributed by atoms with Crippen LogP contribution in [-0.4, -0.2) is 36.6 Å². The van der Waals surface area contributed by atoms with Gasteiger partial charge in [0, 0.05) is 19.5 Å². The van der Waals surface area contributed by atoms with Crippen LogP contribution in [0.4, 0.5) is 0 Å². The summed E-state index contributed by atoms with van der Waals surface area (Å²) in [5, 5.41) is 15.0. The Balaban J connectivity index is 2.35. The predicted octanol–water partition coefficient (Wildman–Crippen LogP) is 1.77. The monoisotopic (exact) mass is 284 g/mol. The highest BCUT2D eigenvalue weighted by atomic mass is 16.4. The first-order valence-electron chi connectivity index (χ1n) is 7.52. The zero-order chi connectivity index (χ0) is 15.2. The Kier molecular flexibility index (Phi) is 5.99. The average Bonchev–Trinajstić information content (AvgIpc) is 2.86. The molecule has 0 spiro atoms. The van der Waals surface area contributed by atoms with Gasteiger partial charge in [0.1, 0.15) is 0 Å². The minimum Gasteiger partial charge on any atom is -0.481 e. The normalized spacial score (nSPS) is 22.8. The van der Waals surface area contributed by atoms with Crippen molar-refractivity contribution in [1.29, 1.82) is 0 Å². The summed E-state index contributed by atoms with van der Waals surface area (Å²) in [4.78, 5) is 22.9. The summed E-state index contributed by atoms with van der Waals surface area (Å²) in [5.74, 6) is -0.622. The number of nitrogens with one attached hydrogen (secondary N) is 2. The van der Waals surface area contributed by atoms with Crippen LogP contribution >= 0.6 is 0 Å². The van der Waals surface area contributed by atoms with Crippen LogP contribution in [0, 0.1) is 10.8 Å². The highest BCUT2D eigenvalue weighted by Crippen LogP contribution is 2.30. The molecule has 1 aliphatic rings. The molecule has 1 atom stereocenters. The van der Waals surface area contributed by atoms with Crippen molar-refractivity contribution in [2.24, 2.45) is 10.8 Å². The molecule has 3 N–H and O–H groups in total. The molecule has 1 amide bonds. The van der Waals surface area contributed by atoms with Crippen molar-refractivity contribution in [2.75, 3.05) is 19.6 Å². The molecular weight excluding hydrogens is 256 g/mol. The number of carbonyl (C=O) groups is 2. The third-order valence-electron chi connectivity index (χ3n) is 4.51. The number of hydrogen-bond donors (Lipinski definition) is 3. The van der Waals surface area contributed by atoms with Gasteiger partial charge in [0.25, 0.3) is 0 Å². The smallest absolute Gasteiger partial charge is 0.303 e. The first kappa shape index (κ1) is 17.0. The number of hydrogen-bond acceptors (Lipinski definition) is 3. The molecule has 1 aliphatic heterocycles. The molecule has 5 nitrogen and oxygen atoms in total. The van der Waals surface area contributed by atoms with E-state index in [2.05, 4.69) is 31.4 Å². The van der Waals surface area contributed by atoms with Gasteiger partial charge in [-0.2, -0.15) is 0 Å². The fraction of sp³-hybridized carbons (Fsp3) is 0.867. The van der Waals surface area contributed by atoms with E-state index in [1.807, 2.05) is 0 Å². The van der Waals surface area contributed by atoms with Crippen molar-refractivity contribution in [2.45, 2.75) is 52.9 Å². The second-order valence-corrected chi connectivity index (χ2v) is 6.62. The zero-order valence-electron chi connectivity index (χ0n) is 12.9. The SMILES string of the molecule is CCC1(C(=O)NCCC(C)(C)CCC(=O)O)CCNC1. The van der Waals surface area contributed by atoms with Gasteiger partial charge in [0.15, 0.2) is 0 Å². The first-order valence-corrected chi connectivity index (χ1v) is 7.52.